The van der Waals surface area contributed by atoms with Crippen LogP contribution in [0.25, 0.3) is 0 Å². The van der Waals surface area contributed by atoms with Gasteiger partial charge in [-0.15, -0.1) is 0 Å². The molecule has 6 nitrogen and oxygen atoms in total. The predicted molar refractivity (Wildman–Crippen MR) is 69.0 cm³/mol. The third-order valence-electron chi connectivity index (χ3n) is 3.44. The van der Waals surface area contributed by atoms with Gasteiger partial charge in [0, 0.05) is 39.4 Å². The summed E-state index contributed by atoms with van der Waals surface area (Å²) in [6.07, 6.45) is 1.74. The first-order valence-corrected chi connectivity index (χ1v) is 6.38. The van der Waals surface area contributed by atoms with Crippen LogP contribution in [-0.4, -0.2) is 52.8 Å². The molecule has 1 aliphatic rings. The number of carbonyl (C=O) groups excluding carboxylic acids is 1. The quantitative estimate of drug-likeness (QED) is 0.745. The van der Waals surface area contributed by atoms with E-state index < -0.39 is 0 Å². The van der Waals surface area contributed by atoms with E-state index in [0.29, 0.717) is 6.54 Å². The SMILES string of the molecule is CC(C(=O)NCc1ccnn1C)N1CCNCC1. The fraction of sp³-hybridized carbons (Fsp3) is 0.667. The van der Waals surface area contributed by atoms with Crippen molar-refractivity contribution in [1.29, 1.82) is 0 Å². The van der Waals surface area contributed by atoms with Crippen molar-refractivity contribution in [3.05, 3.63) is 18.0 Å². The Bertz CT molecular complexity index is 397. The molecule has 1 aromatic heterocycles. The van der Waals surface area contributed by atoms with Crippen LogP contribution in [0.15, 0.2) is 12.3 Å². The lowest BCUT2D eigenvalue weighted by molar-refractivity contribution is -0.126. The van der Waals surface area contributed by atoms with Crippen LogP contribution in [0.1, 0.15) is 12.6 Å². The molecule has 2 heterocycles. The van der Waals surface area contributed by atoms with Gasteiger partial charge in [0.1, 0.15) is 0 Å². The minimum absolute atomic E-state index is 0.0691. The Balaban J connectivity index is 1.82. The van der Waals surface area contributed by atoms with Crippen molar-refractivity contribution < 1.29 is 4.79 Å². The van der Waals surface area contributed by atoms with Crippen LogP contribution >= 0.6 is 0 Å². The summed E-state index contributed by atoms with van der Waals surface area (Å²) in [7, 11) is 1.88. The molecule has 1 aromatic rings. The topological polar surface area (TPSA) is 62.2 Å². The average Bonchev–Trinajstić information content (AvgIpc) is 2.81. The van der Waals surface area contributed by atoms with Crippen molar-refractivity contribution in [1.82, 2.24) is 25.3 Å². The van der Waals surface area contributed by atoms with E-state index in [9.17, 15) is 4.79 Å². The molecule has 1 fully saturated rings. The van der Waals surface area contributed by atoms with E-state index in [4.69, 9.17) is 0 Å². The van der Waals surface area contributed by atoms with Crippen LogP contribution in [0.2, 0.25) is 0 Å². The number of piperazine rings is 1. The monoisotopic (exact) mass is 251 g/mol. The molecule has 100 valence electrons. The molecular weight excluding hydrogens is 230 g/mol. The van der Waals surface area contributed by atoms with Crippen LogP contribution < -0.4 is 10.6 Å². The molecule has 2 N–H and O–H groups in total. The molecule has 2 rings (SSSR count). The van der Waals surface area contributed by atoms with Crippen LogP contribution in [-0.2, 0) is 18.4 Å². The van der Waals surface area contributed by atoms with Crippen molar-refractivity contribution in [2.45, 2.75) is 19.5 Å². The van der Waals surface area contributed by atoms with Crippen molar-refractivity contribution in [3.8, 4) is 0 Å². The molecule has 1 aliphatic heterocycles. The standard InChI is InChI=1S/C12H21N5O/c1-10(17-7-5-13-6-8-17)12(18)14-9-11-3-4-15-16(11)2/h3-4,10,13H,5-9H2,1-2H3,(H,14,18). The molecule has 6 heteroatoms. The van der Waals surface area contributed by atoms with Crippen molar-refractivity contribution >= 4 is 5.91 Å². The van der Waals surface area contributed by atoms with Crippen LogP contribution in [0, 0.1) is 0 Å². The van der Waals surface area contributed by atoms with Gasteiger partial charge in [0.2, 0.25) is 5.91 Å². The number of rotatable bonds is 4. The first-order valence-electron chi connectivity index (χ1n) is 6.38. The third-order valence-corrected chi connectivity index (χ3v) is 3.44. The highest BCUT2D eigenvalue weighted by molar-refractivity contribution is 5.81. The lowest BCUT2D eigenvalue weighted by Crippen LogP contribution is -2.52. The molecule has 1 atom stereocenters. The largest absolute Gasteiger partial charge is 0.349 e. The van der Waals surface area contributed by atoms with Gasteiger partial charge in [-0.3, -0.25) is 14.4 Å². The van der Waals surface area contributed by atoms with Gasteiger partial charge >= 0.3 is 0 Å². The first-order chi connectivity index (χ1) is 8.68. The summed E-state index contributed by atoms with van der Waals surface area (Å²) in [6.45, 7) is 6.27. The highest BCUT2D eigenvalue weighted by Crippen LogP contribution is 2.02. The molecule has 0 saturated carbocycles. The van der Waals surface area contributed by atoms with Gasteiger partial charge in [-0.25, -0.2) is 0 Å². The Hall–Kier alpha value is -1.40. The molecule has 0 radical (unpaired) electrons. The number of amides is 1. The second kappa shape index (κ2) is 5.97. The smallest absolute Gasteiger partial charge is 0.237 e. The zero-order valence-electron chi connectivity index (χ0n) is 11.0. The number of carbonyl (C=O) groups is 1. The van der Waals surface area contributed by atoms with E-state index in [1.165, 1.54) is 0 Å². The molecule has 1 saturated heterocycles. The maximum atomic E-state index is 12.0. The Kier molecular flexibility index (Phi) is 4.33. The zero-order chi connectivity index (χ0) is 13.0. The minimum atomic E-state index is -0.0691. The fourth-order valence-corrected chi connectivity index (χ4v) is 2.14. The molecule has 0 bridgehead atoms. The second-order valence-electron chi connectivity index (χ2n) is 4.63. The lowest BCUT2D eigenvalue weighted by atomic mass is 10.2. The zero-order valence-corrected chi connectivity index (χ0v) is 11.0. The van der Waals surface area contributed by atoms with Crippen molar-refractivity contribution in [2.24, 2.45) is 7.05 Å². The summed E-state index contributed by atoms with van der Waals surface area (Å²) >= 11 is 0. The van der Waals surface area contributed by atoms with E-state index in [0.717, 1.165) is 31.9 Å². The normalized spacial score (nSPS) is 18.6. The summed E-state index contributed by atoms with van der Waals surface area (Å²) in [4.78, 5) is 14.2. The Morgan fingerprint density at radius 1 is 1.56 bits per heavy atom. The molecule has 18 heavy (non-hydrogen) atoms. The van der Waals surface area contributed by atoms with E-state index in [1.54, 1.807) is 10.9 Å². The summed E-state index contributed by atoms with van der Waals surface area (Å²) in [5, 5.41) is 10.3. The fourth-order valence-electron chi connectivity index (χ4n) is 2.14. The summed E-state index contributed by atoms with van der Waals surface area (Å²) < 4.78 is 1.77. The van der Waals surface area contributed by atoms with Crippen LogP contribution in [0.5, 0.6) is 0 Å². The number of nitrogens with zero attached hydrogens (tertiary/aromatic N) is 3. The van der Waals surface area contributed by atoms with Gasteiger partial charge in [0.15, 0.2) is 0 Å². The number of nitrogens with one attached hydrogen (secondary N) is 2. The summed E-state index contributed by atoms with van der Waals surface area (Å²) in [5.41, 5.74) is 1.01. The highest BCUT2D eigenvalue weighted by Gasteiger charge is 2.22. The van der Waals surface area contributed by atoms with Gasteiger partial charge in [-0.1, -0.05) is 0 Å². The van der Waals surface area contributed by atoms with Gasteiger partial charge in [-0.05, 0) is 13.0 Å². The molecule has 0 aromatic carbocycles. The number of aryl methyl sites for hydroxylation is 1. The van der Waals surface area contributed by atoms with Crippen molar-refractivity contribution in [2.75, 3.05) is 26.2 Å². The predicted octanol–water partition coefficient (Wildman–Crippen LogP) is -0.670. The Labute approximate surface area is 107 Å². The van der Waals surface area contributed by atoms with E-state index in [2.05, 4.69) is 20.6 Å². The van der Waals surface area contributed by atoms with Crippen molar-refractivity contribution in [3.63, 3.8) is 0 Å². The highest BCUT2D eigenvalue weighted by atomic mass is 16.2. The van der Waals surface area contributed by atoms with E-state index in [1.807, 2.05) is 20.0 Å². The molecular formula is C12H21N5O. The van der Waals surface area contributed by atoms with Crippen LogP contribution in [0.4, 0.5) is 0 Å². The lowest BCUT2D eigenvalue weighted by Gasteiger charge is -2.31. The maximum Gasteiger partial charge on any atom is 0.237 e. The average molecular weight is 251 g/mol. The molecule has 0 aliphatic carbocycles. The van der Waals surface area contributed by atoms with Gasteiger partial charge in [0.25, 0.3) is 0 Å². The van der Waals surface area contributed by atoms with Gasteiger partial charge < -0.3 is 10.6 Å². The summed E-state index contributed by atoms with van der Waals surface area (Å²) in [6, 6.07) is 1.84. The van der Waals surface area contributed by atoms with E-state index in [-0.39, 0.29) is 11.9 Å². The molecule has 0 spiro atoms. The first kappa shape index (κ1) is 13.0. The van der Waals surface area contributed by atoms with Crippen LogP contribution in [0.3, 0.4) is 0 Å². The summed E-state index contributed by atoms with van der Waals surface area (Å²) in [5.74, 6) is 0.0816. The Morgan fingerprint density at radius 3 is 2.89 bits per heavy atom. The molecule has 1 amide bonds. The van der Waals surface area contributed by atoms with Gasteiger partial charge in [0.05, 0.1) is 18.3 Å². The number of aromatic nitrogens is 2. The second-order valence-corrected chi connectivity index (χ2v) is 4.63. The minimum Gasteiger partial charge on any atom is -0.349 e. The Morgan fingerprint density at radius 2 is 2.28 bits per heavy atom. The van der Waals surface area contributed by atoms with Gasteiger partial charge in [-0.2, -0.15) is 5.10 Å². The molecule has 1 unspecified atom stereocenters. The van der Waals surface area contributed by atoms with E-state index >= 15 is 0 Å². The third kappa shape index (κ3) is 3.08. The number of hydrogen-bond donors (Lipinski definition) is 2. The number of hydrogen-bond acceptors (Lipinski definition) is 4. The maximum absolute atomic E-state index is 12.0.